The number of nitrogens with one attached hydrogen (secondary N) is 1. The van der Waals surface area contributed by atoms with Crippen molar-refractivity contribution in [2.24, 2.45) is 0 Å². The summed E-state index contributed by atoms with van der Waals surface area (Å²) in [5.74, 6) is -0.0842. The minimum Gasteiger partial charge on any atom is -0.350 e. The number of carbonyl (C=O) groups is 1. The lowest BCUT2D eigenvalue weighted by atomic mass is 10.1. The smallest absolute Gasteiger partial charge is 0.251 e. The minimum atomic E-state index is -0.0842. The molecule has 5 aromatic rings. The van der Waals surface area contributed by atoms with E-state index in [2.05, 4.69) is 57.5 Å². The molecule has 0 aliphatic carbocycles. The monoisotopic (exact) mass is 435 g/mol. The summed E-state index contributed by atoms with van der Waals surface area (Å²) in [6.07, 6.45) is 2.66. The molecule has 6 nitrogen and oxygen atoms in total. The summed E-state index contributed by atoms with van der Waals surface area (Å²) >= 11 is 0. The number of nitrogens with zero attached hydrogens (tertiary/aromatic N) is 4. The Morgan fingerprint density at radius 1 is 0.939 bits per heavy atom. The van der Waals surface area contributed by atoms with Crippen LogP contribution < -0.4 is 5.32 Å². The molecule has 0 spiro atoms. The highest BCUT2D eigenvalue weighted by atomic mass is 16.1. The van der Waals surface area contributed by atoms with E-state index in [1.807, 2.05) is 60.8 Å². The summed E-state index contributed by atoms with van der Waals surface area (Å²) in [5, 5.41) is 12.7. The Morgan fingerprint density at radius 3 is 2.52 bits per heavy atom. The standard InChI is InChI=1S/C27H25N5O/c1-20-17-23-9-5-6-10-26(23)31(20)16-15-28-27(33)22-11-13-25(14-12-22)32-19-24(29-30-32)18-21-7-3-2-4-8-21/h2-14,17,19H,15-16,18H2,1H3,(H,28,33). The second-order valence-electron chi connectivity index (χ2n) is 8.12. The Hall–Kier alpha value is -4.19. The normalized spacial score (nSPS) is 11.1. The lowest BCUT2D eigenvalue weighted by Crippen LogP contribution is -2.27. The van der Waals surface area contributed by atoms with E-state index in [0.29, 0.717) is 12.1 Å². The van der Waals surface area contributed by atoms with Gasteiger partial charge in [-0.1, -0.05) is 53.7 Å². The number of aromatic nitrogens is 4. The number of hydrogen-bond donors (Lipinski definition) is 1. The molecule has 0 unspecified atom stereocenters. The van der Waals surface area contributed by atoms with Gasteiger partial charge in [0, 0.05) is 36.3 Å². The second kappa shape index (κ2) is 9.12. The number of aryl methyl sites for hydroxylation is 1. The van der Waals surface area contributed by atoms with Crippen molar-refractivity contribution in [1.29, 1.82) is 0 Å². The van der Waals surface area contributed by atoms with E-state index in [0.717, 1.165) is 24.3 Å². The number of rotatable bonds is 7. The van der Waals surface area contributed by atoms with E-state index in [-0.39, 0.29) is 5.91 Å². The molecule has 0 fully saturated rings. The van der Waals surface area contributed by atoms with E-state index in [4.69, 9.17) is 0 Å². The molecule has 2 aromatic heterocycles. The van der Waals surface area contributed by atoms with Crippen LogP contribution in [0.4, 0.5) is 0 Å². The first-order valence-corrected chi connectivity index (χ1v) is 11.1. The van der Waals surface area contributed by atoms with Crippen LogP contribution in [-0.2, 0) is 13.0 Å². The maximum atomic E-state index is 12.6. The van der Waals surface area contributed by atoms with Gasteiger partial charge < -0.3 is 9.88 Å². The van der Waals surface area contributed by atoms with Gasteiger partial charge in [0.05, 0.1) is 17.6 Å². The molecular weight excluding hydrogens is 410 g/mol. The Morgan fingerprint density at radius 2 is 1.70 bits per heavy atom. The number of para-hydroxylation sites is 1. The maximum Gasteiger partial charge on any atom is 0.251 e. The Kier molecular flexibility index (Phi) is 5.72. The van der Waals surface area contributed by atoms with Gasteiger partial charge in [0.25, 0.3) is 5.91 Å². The molecule has 164 valence electrons. The van der Waals surface area contributed by atoms with Crippen molar-refractivity contribution in [3.05, 3.63) is 114 Å². The fourth-order valence-electron chi connectivity index (χ4n) is 4.10. The predicted octanol–water partition coefficient (Wildman–Crippen LogP) is 4.55. The zero-order chi connectivity index (χ0) is 22.6. The second-order valence-corrected chi connectivity index (χ2v) is 8.12. The van der Waals surface area contributed by atoms with Crippen molar-refractivity contribution in [1.82, 2.24) is 24.9 Å². The van der Waals surface area contributed by atoms with Crippen LogP contribution in [0.15, 0.2) is 91.1 Å². The van der Waals surface area contributed by atoms with E-state index in [9.17, 15) is 4.79 Å². The van der Waals surface area contributed by atoms with Gasteiger partial charge >= 0.3 is 0 Å². The highest BCUT2D eigenvalue weighted by Gasteiger charge is 2.09. The Labute approximate surface area is 192 Å². The van der Waals surface area contributed by atoms with Crippen LogP contribution in [0, 0.1) is 6.92 Å². The third kappa shape index (κ3) is 4.55. The summed E-state index contributed by atoms with van der Waals surface area (Å²) < 4.78 is 3.97. The maximum absolute atomic E-state index is 12.6. The third-order valence-electron chi connectivity index (χ3n) is 5.80. The molecule has 6 heteroatoms. The lowest BCUT2D eigenvalue weighted by molar-refractivity contribution is 0.0952. The van der Waals surface area contributed by atoms with Gasteiger partial charge in [-0.2, -0.15) is 0 Å². The van der Waals surface area contributed by atoms with Gasteiger partial charge in [0.15, 0.2) is 0 Å². The molecule has 1 N–H and O–H groups in total. The van der Waals surface area contributed by atoms with Gasteiger partial charge in [-0.15, -0.1) is 5.10 Å². The molecular formula is C27H25N5O. The van der Waals surface area contributed by atoms with Crippen molar-refractivity contribution in [3.63, 3.8) is 0 Å². The molecule has 5 rings (SSSR count). The molecule has 0 radical (unpaired) electrons. The minimum absolute atomic E-state index is 0.0842. The SMILES string of the molecule is Cc1cc2ccccc2n1CCNC(=O)c1ccc(-n2cc(Cc3ccccc3)nn2)cc1. The molecule has 0 aliphatic heterocycles. The van der Waals surface area contributed by atoms with Crippen LogP contribution in [0.25, 0.3) is 16.6 Å². The topological polar surface area (TPSA) is 64.7 Å². The first-order chi connectivity index (χ1) is 16.2. The fourth-order valence-corrected chi connectivity index (χ4v) is 4.10. The summed E-state index contributed by atoms with van der Waals surface area (Å²) in [4.78, 5) is 12.6. The van der Waals surface area contributed by atoms with Crippen LogP contribution in [0.3, 0.4) is 0 Å². The molecule has 0 saturated carbocycles. The highest BCUT2D eigenvalue weighted by Crippen LogP contribution is 2.18. The number of fused-ring (bicyclic) bond motifs is 1. The first kappa shape index (κ1) is 20.7. The van der Waals surface area contributed by atoms with Crippen molar-refractivity contribution >= 4 is 16.8 Å². The number of hydrogen-bond acceptors (Lipinski definition) is 3. The highest BCUT2D eigenvalue weighted by molar-refractivity contribution is 5.94. The van der Waals surface area contributed by atoms with Crippen LogP contribution in [0.1, 0.15) is 27.3 Å². The number of carbonyl (C=O) groups excluding carboxylic acids is 1. The Bertz CT molecular complexity index is 1380. The molecule has 1 amide bonds. The predicted molar refractivity (Wildman–Crippen MR) is 130 cm³/mol. The largest absolute Gasteiger partial charge is 0.350 e. The zero-order valence-electron chi connectivity index (χ0n) is 18.5. The third-order valence-corrected chi connectivity index (χ3v) is 5.80. The van der Waals surface area contributed by atoms with Gasteiger partial charge in [-0.3, -0.25) is 4.79 Å². The summed E-state index contributed by atoms with van der Waals surface area (Å²) in [6.45, 7) is 3.38. The zero-order valence-corrected chi connectivity index (χ0v) is 18.5. The average molecular weight is 436 g/mol. The van der Waals surface area contributed by atoms with Crippen LogP contribution in [-0.4, -0.2) is 32.0 Å². The average Bonchev–Trinajstić information content (AvgIpc) is 3.44. The fraction of sp³-hybridized carbons (Fsp3) is 0.148. The van der Waals surface area contributed by atoms with Gasteiger partial charge in [-0.05, 0) is 54.3 Å². The van der Waals surface area contributed by atoms with E-state index < -0.39 is 0 Å². The summed E-state index contributed by atoms with van der Waals surface area (Å²) in [5.41, 5.74) is 5.96. The van der Waals surface area contributed by atoms with Gasteiger partial charge in [-0.25, -0.2) is 4.68 Å². The quantitative estimate of drug-likeness (QED) is 0.408. The number of amides is 1. The van der Waals surface area contributed by atoms with E-state index in [1.165, 1.54) is 22.2 Å². The van der Waals surface area contributed by atoms with Gasteiger partial charge in [0.1, 0.15) is 0 Å². The van der Waals surface area contributed by atoms with Crippen molar-refractivity contribution in [2.75, 3.05) is 6.54 Å². The van der Waals surface area contributed by atoms with Crippen LogP contribution in [0.5, 0.6) is 0 Å². The molecule has 33 heavy (non-hydrogen) atoms. The Balaban J connectivity index is 1.20. The van der Waals surface area contributed by atoms with Crippen LogP contribution in [0.2, 0.25) is 0 Å². The van der Waals surface area contributed by atoms with Gasteiger partial charge in [0.2, 0.25) is 0 Å². The van der Waals surface area contributed by atoms with Crippen molar-refractivity contribution < 1.29 is 4.79 Å². The van der Waals surface area contributed by atoms with E-state index >= 15 is 0 Å². The van der Waals surface area contributed by atoms with Crippen molar-refractivity contribution in [3.8, 4) is 5.69 Å². The summed E-state index contributed by atoms with van der Waals surface area (Å²) in [6, 6.07) is 28.1. The number of benzene rings is 3. The van der Waals surface area contributed by atoms with E-state index in [1.54, 1.807) is 4.68 Å². The van der Waals surface area contributed by atoms with Crippen LogP contribution >= 0.6 is 0 Å². The molecule has 3 aromatic carbocycles. The molecule has 0 bridgehead atoms. The molecule has 0 atom stereocenters. The molecule has 0 aliphatic rings. The molecule has 0 saturated heterocycles. The summed E-state index contributed by atoms with van der Waals surface area (Å²) in [7, 11) is 0. The lowest BCUT2D eigenvalue weighted by Gasteiger charge is -2.10. The van der Waals surface area contributed by atoms with Crippen molar-refractivity contribution in [2.45, 2.75) is 19.9 Å². The molecule has 2 heterocycles. The first-order valence-electron chi connectivity index (χ1n) is 11.1.